The third kappa shape index (κ3) is 4.55. The number of nitrogens with one attached hydrogen (secondary N) is 2. The first-order chi connectivity index (χ1) is 11.7. The Kier molecular flexibility index (Phi) is 5.81. The van der Waals surface area contributed by atoms with Crippen LogP contribution in [-0.2, 0) is 14.3 Å². The fourth-order valence-corrected chi connectivity index (χ4v) is 2.83. The molecule has 1 unspecified atom stereocenters. The Balaban J connectivity index is 1.47. The van der Waals surface area contributed by atoms with Gasteiger partial charge in [-0.3, -0.25) is 4.79 Å². The van der Waals surface area contributed by atoms with Gasteiger partial charge in [0, 0.05) is 44.5 Å². The molecule has 1 aromatic heterocycles. The second-order valence-electron chi connectivity index (χ2n) is 6.07. The zero-order valence-corrected chi connectivity index (χ0v) is 14.1. The summed E-state index contributed by atoms with van der Waals surface area (Å²) in [6, 6.07) is 1.98. The smallest absolute Gasteiger partial charge is 0.225 e. The number of morpholine rings is 1. The molecule has 0 aliphatic carbocycles. The number of carbonyl (C=O) groups excluding carboxylic acids is 1. The van der Waals surface area contributed by atoms with Crippen molar-refractivity contribution in [3.8, 4) is 0 Å². The average Bonchev–Trinajstić information content (AvgIpc) is 3.14. The van der Waals surface area contributed by atoms with Crippen LogP contribution in [0.25, 0.3) is 0 Å². The lowest BCUT2D eigenvalue weighted by Crippen LogP contribution is -2.37. The monoisotopic (exact) mass is 335 g/mol. The summed E-state index contributed by atoms with van der Waals surface area (Å²) < 4.78 is 10.6. The van der Waals surface area contributed by atoms with E-state index in [1.807, 2.05) is 13.0 Å². The second-order valence-corrected chi connectivity index (χ2v) is 6.07. The molecule has 1 aromatic rings. The molecule has 2 aliphatic rings. The van der Waals surface area contributed by atoms with Crippen molar-refractivity contribution in [3.05, 3.63) is 11.8 Å². The van der Waals surface area contributed by atoms with Crippen molar-refractivity contribution in [2.75, 3.05) is 62.8 Å². The molecule has 3 heterocycles. The van der Waals surface area contributed by atoms with Crippen LogP contribution in [0.2, 0.25) is 0 Å². The lowest BCUT2D eigenvalue weighted by Gasteiger charge is -2.28. The SMILES string of the molecule is Cc1cc(N2CCOCC2)nc(NCCNC(=O)C2CCOC2)n1. The van der Waals surface area contributed by atoms with Crippen LogP contribution in [0.1, 0.15) is 12.1 Å². The predicted octanol–water partition coefficient (Wildman–Crippen LogP) is 0.186. The highest BCUT2D eigenvalue weighted by atomic mass is 16.5. The van der Waals surface area contributed by atoms with Crippen LogP contribution >= 0.6 is 0 Å². The van der Waals surface area contributed by atoms with E-state index in [1.165, 1.54) is 0 Å². The fraction of sp³-hybridized carbons (Fsp3) is 0.688. The van der Waals surface area contributed by atoms with Gasteiger partial charge in [-0.25, -0.2) is 4.98 Å². The van der Waals surface area contributed by atoms with Gasteiger partial charge in [0.2, 0.25) is 11.9 Å². The van der Waals surface area contributed by atoms with E-state index >= 15 is 0 Å². The van der Waals surface area contributed by atoms with E-state index in [0.29, 0.717) is 32.3 Å². The molecule has 3 rings (SSSR count). The summed E-state index contributed by atoms with van der Waals surface area (Å²) >= 11 is 0. The van der Waals surface area contributed by atoms with Crippen LogP contribution in [0.15, 0.2) is 6.07 Å². The lowest BCUT2D eigenvalue weighted by molar-refractivity contribution is -0.124. The van der Waals surface area contributed by atoms with Crippen molar-refractivity contribution >= 4 is 17.7 Å². The Bertz CT molecular complexity index is 557. The average molecular weight is 335 g/mol. The van der Waals surface area contributed by atoms with Gasteiger partial charge >= 0.3 is 0 Å². The van der Waals surface area contributed by atoms with Crippen molar-refractivity contribution in [2.45, 2.75) is 13.3 Å². The topological polar surface area (TPSA) is 88.6 Å². The molecule has 1 atom stereocenters. The highest BCUT2D eigenvalue weighted by Crippen LogP contribution is 2.16. The number of nitrogens with zero attached hydrogens (tertiary/aromatic N) is 3. The van der Waals surface area contributed by atoms with Gasteiger partial charge in [0.1, 0.15) is 5.82 Å². The molecule has 0 radical (unpaired) electrons. The number of aryl methyl sites for hydroxylation is 1. The number of anilines is 2. The quantitative estimate of drug-likeness (QED) is 0.717. The van der Waals surface area contributed by atoms with Crippen molar-refractivity contribution < 1.29 is 14.3 Å². The summed E-state index contributed by atoms with van der Waals surface area (Å²) in [4.78, 5) is 23.1. The predicted molar refractivity (Wildman–Crippen MR) is 90.2 cm³/mol. The molecule has 8 heteroatoms. The molecule has 2 N–H and O–H groups in total. The number of hydrogen-bond acceptors (Lipinski definition) is 7. The van der Waals surface area contributed by atoms with E-state index < -0.39 is 0 Å². The summed E-state index contributed by atoms with van der Waals surface area (Å²) in [5, 5.41) is 6.11. The number of ether oxygens (including phenoxy) is 2. The zero-order valence-electron chi connectivity index (χ0n) is 14.1. The summed E-state index contributed by atoms with van der Waals surface area (Å²) in [6.45, 7) is 7.43. The number of rotatable bonds is 6. The molecule has 0 saturated carbocycles. The Morgan fingerprint density at radius 1 is 1.25 bits per heavy atom. The minimum absolute atomic E-state index is 0.00635. The van der Waals surface area contributed by atoms with Crippen LogP contribution in [0.4, 0.5) is 11.8 Å². The maximum absolute atomic E-state index is 11.9. The molecule has 0 aromatic carbocycles. The lowest BCUT2D eigenvalue weighted by atomic mass is 10.1. The Hall–Kier alpha value is -1.93. The third-order valence-electron chi connectivity index (χ3n) is 4.18. The molecule has 0 bridgehead atoms. The van der Waals surface area contributed by atoms with Crippen LogP contribution in [-0.4, -0.2) is 68.5 Å². The largest absolute Gasteiger partial charge is 0.381 e. The summed E-state index contributed by atoms with van der Waals surface area (Å²) in [5.41, 5.74) is 0.918. The highest BCUT2D eigenvalue weighted by molar-refractivity contribution is 5.79. The Labute approximate surface area is 141 Å². The Morgan fingerprint density at radius 3 is 2.83 bits per heavy atom. The fourth-order valence-electron chi connectivity index (χ4n) is 2.83. The highest BCUT2D eigenvalue weighted by Gasteiger charge is 2.22. The van der Waals surface area contributed by atoms with Crippen molar-refractivity contribution in [1.29, 1.82) is 0 Å². The maximum atomic E-state index is 11.9. The minimum atomic E-state index is -0.00635. The second kappa shape index (κ2) is 8.25. The number of aromatic nitrogens is 2. The van der Waals surface area contributed by atoms with Gasteiger partial charge in [-0.2, -0.15) is 4.98 Å². The number of amides is 1. The Morgan fingerprint density at radius 2 is 2.08 bits per heavy atom. The van der Waals surface area contributed by atoms with E-state index in [-0.39, 0.29) is 11.8 Å². The van der Waals surface area contributed by atoms with Crippen molar-refractivity contribution in [1.82, 2.24) is 15.3 Å². The minimum Gasteiger partial charge on any atom is -0.381 e. The van der Waals surface area contributed by atoms with E-state index in [0.717, 1.165) is 44.2 Å². The van der Waals surface area contributed by atoms with Gasteiger partial charge < -0.3 is 25.0 Å². The van der Waals surface area contributed by atoms with E-state index in [9.17, 15) is 4.79 Å². The normalized spacial score (nSPS) is 20.9. The molecule has 2 aliphatic heterocycles. The zero-order chi connectivity index (χ0) is 16.8. The molecule has 2 saturated heterocycles. The summed E-state index contributed by atoms with van der Waals surface area (Å²) in [5.74, 6) is 1.57. The van der Waals surface area contributed by atoms with Gasteiger partial charge in [-0.1, -0.05) is 0 Å². The van der Waals surface area contributed by atoms with E-state index in [4.69, 9.17) is 9.47 Å². The molecule has 132 valence electrons. The van der Waals surface area contributed by atoms with Gasteiger partial charge in [0.05, 0.1) is 25.7 Å². The molecule has 2 fully saturated rings. The van der Waals surface area contributed by atoms with E-state index in [2.05, 4.69) is 25.5 Å². The van der Waals surface area contributed by atoms with Gasteiger partial charge in [-0.15, -0.1) is 0 Å². The van der Waals surface area contributed by atoms with Crippen molar-refractivity contribution in [3.63, 3.8) is 0 Å². The van der Waals surface area contributed by atoms with Crippen LogP contribution in [0.5, 0.6) is 0 Å². The molecular weight excluding hydrogens is 310 g/mol. The summed E-state index contributed by atoms with van der Waals surface area (Å²) in [7, 11) is 0. The van der Waals surface area contributed by atoms with Gasteiger partial charge in [-0.05, 0) is 13.3 Å². The van der Waals surface area contributed by atoms with Gasteiger partial charge in [0.25, 0.3) is 0 Å². The third-order valence-corrected chi connectivity index (χ3v) is 4.18. The van der Waals surface area contributed by atoms with E-state index in [1.54, 1.807) is 0 Å². The first-order valence-electron chi connectivity index (χ1n) is 8.50. The van der Waals surface area contributed by atoms with Crippen LogP contribution in [0.3, 0.4) is 0 Å². The molecule has 0 spiro atoms. The van der Waals surface area contributed by atoms with Gasteiger partial charge in [0.15, 0.2) is 0 Å². The first kappa shape index (κ1) is 16.9. The number of hydrogen-bond donors (Lipinski definition) is 2. The van der Waals surface area contributed by atoms with Crippen LogP contribution < -0.4 is 15.5 Å². The standard InChI is InChI=1S/C16H25N5O3/c1-12-10-14(21-5-8-23-9-6-21)20-16(19-12)18-4-3-17-15(22)13-2-7-24-11-13/h10,13H,2-9,11H2,1H3,(H,17,22)(H,18,19,20). The van der Waals surface area contributed by atoms with Crippen molar-refractivity contribution in [2.24, 2.45) is 5.92 Å². The molecular formula is C16H25N5O3. The molecule has 1 amide bonds. The summed E-state index contributed by atoms with van der Waals surface area (Å²) in [6.07, 6.45) is 0.809. The first-order valence-corrected chi connectivity index (χ1v) is 8.50. The number of carbonyl (C=O) groups is 1. The molecule has 24 heavy (non-hydrogen) atoms. The van der Waals surface area contributed by atoms with Crippen LogP contribution in [0, 0.1) is 12.8 Å². The molecule has 8 nitrogen and oxygen atoms in total. The maximum Gasteiger partial charge on any atom is 0.225 e.